The van der Waals surface area contributed by atoms with Crippen molar-refractivity contribution in [1.29, 1.82) is 0 Å². The van der Waals surface area contributed by atoms with Crippen LogP contribution in [-0.4, -0.2) is 45.7 Å². The second kappa shape index (κ2) is 7.20. The van der Waals surface area contributed by atoms with Crippen LogP contribution in [0.25, 0.3) is 0 Å². The van der Waals surface area contributed by atoms with Crippen LogP contribution in [0.2, 0.25) is 0 Å². The summed E-state index contributed by atoms with van der Waals surface area (Å²) in [7, 11) is 0. The largest absolute Gasteiger partial charge is 0.335 e. The van der Waals surface area contributed by atoms with E-state index in [2.05, 4.69) is 28.7 Å². The van der Waals surface area contributed by atoms with E-state index in [1.807, 2.05) is 30.5 Å². The molecule has 21 heavy (non-hydrogen) atoms. The Labute approximate surface area is 131 Å². The number of urea groups is 1. The minimum Gasteiger partial charge on any atom is -0.335 e. The van der Waals surface area contributed by atoms with Crippen LogP contribution in [0, 0.1) is 13.8 Å². The first-order valence-corrected chi connectivity index (χ1v) is 9.01. The topological polar surface area (TPSA) is 61.0 Å². The van der Waals surface area contributed by atoms with Crippen LogP contribution in [0.5, 0.6) is 0 Å². The molecule has 1 fully saturated rings. The van der Waals surface area contributed by atoms with Crippen LogP contribution in [-0.2, 0) is 0 Å². The van der Waals surface area contributed by atoms with Crippen molar-refractivity contribution in [2.24, 2.45) is 0 Å². The van der Waals surface area contributed by atoms with Crippen molar-refractivity contribution in [3.63, 3.8) is 0 Å². The molecule has 2 amide bonds. The molecule has 1 aliphatic rings. The SMILES string of the molecule is CSCC[C@@H](C)NC(=O)N1CCC[C@@H]1c1c(C)n[nH]c1C. The molecule has 6 heteroatoms. The summed E-state index contributed by atoms with van der Waals surface area (Å²) in [6.07, 6.45) is 5.18. The third-order valence-corrected chi connectivity index (χ3v) is 4.80. The lowest BCUT2D eigenvalue weighted by atomic mass is 10.0. The van der Waals surface area contributed by atoms with Gasteiger partial charge in [0.25, 0.3) is 0 Å². The summed E-state index contributed by atoms with van der Waals surface area (Å²) in [4.78, 5) is 14.5. The number of rotatable bonds is 5. The number of H-pyrrole nitrogens is 1. The van der Waals surface area contributed by atoms with E-state index in [1.54, 1.807) is 0 Å². The summed E-state index contributed by atoms with van der Waals surface area (Å²) >= 11 is 1.81. The molecule has 2 atom stereocenters. The Kier molecular flexibility index (Phi) is 5.56. The number of hydrogen-bond acceptors (Lipinski definition) is 3. The lowest BCUT2D eigenvalue weighted by Gasteiger charge is -2.27. The molecule has 118 valence electrons. The summed E-state index contributed by atoms with van der Waals surface area (Å²) in [6.45, 7) is 6.95. The number of hydrogen-bond donors (Lipinski definition) is 2. The number of amides is 2. The van der Waals surface area contributed by atoms with E-state index in [9.17, 15) is 4.79 Å². The first kappa shape index (κ1) is 16.2. The summed E-state index contributed by atoms with van der Waals surface area (Å²) < 4.78 is 0. The average Bonchev–Trinajstić information content (AvgIpc) is 3.03. The van der Waals surface area contributed by atoms with Crippen molar-refractivity contribution in [2.75, 3.05) is 18.6 Å². The van der Waals surface area contributed by atoms with Gasteiger partial charge >= 0.3 is 6.03 Å². The molecule has 2 rings (SSSR count). The van der Waals surface area contributed by atoms with Crippen LogP contribution in [0.15, 0.2) is 0 Å². The molecule has 1 aliphatic heterocycles. The molecule has 1 aromatic heterocycles. The molecule has 0 aromatic carbocycles. The molecule has 0 bridgehead atoms. The highest BCUT2D eigenvalue weighted by Gasteiger charge is 2.33. The fourth-order valence-electron chi connectivity index (χ4n) is 3.02. The van der Waals surface area contributed by atoms with Gasteiger partial charge in [-0.1, -0.05) is 0 Å². The lowest BCUT2D eigenvalue weighted by molar-refractivity contribution is 0.189. The molecule has 0 saturated carbocycles. The first-order valence-electron chi connectivity index (χ1n) is 7.62. The number of aromatic nitrogens is 2. The molecule has 0 spiro atoms. The van der Waals surface area contributed by atoms with Gasteiger partial charge in [0.1, 0.15) is 0 Å². The number of nitrogens with zero attached hydrogens (tertiary/aromatic N) is 2. The van der Waals surface area contributed by atoms with E-state index in [0.717, 1.165) is 42.9 Å². The van der Waals surface area contributed by atoms with Gasteiger partial charge in [0.15, 0.2) is 0 Å². The molecular formula is C15H26N4OS. The fourth-order valence-corrected chi connectivity index (χ4v) is 3.61. The maximum Gasteiger partial charge on any atom is 0.318 e. The number of carbonyl (C=O) groups excluding carboxylic acids is 1. The quantitative estimate of drug-likeness (QED) is 0.879. The minimum absolute atomic E-state index is 0.0612. The minimum atomic E-state index is 0.0612. The molecule has 0 radical (unpaired) electrons. The predicted octanol–water partition coefficient (Wildman–Crippen LogP) is 3.01. The third-order valence-electron chi connectivity index (χ3n) is 4.16. The zero-order valence-corrected chi connectivity index (χ0v) is 14.2. The summed E-state index contributed by atoms with van der Waals surface area (Å²) in [5.41, 5.74) is 3.28. The lowest BCUT2D eigenvalue weighted by Crippen LogP contribution is -2.43. The normalized spacial score (nSPS) is 19.8. The van der Waals surface area contributed by atoms with Crippen molar-refractivity contribution in [3.05, 3.63) is 17.0 Å². The van der Waals surface area contributed by atoms with E-state index in [0.29, 0.717) is 0 Å². The second-order valence-corrected chi connectivity index (χ2v) is 6.82. The van der Waals surface area contributed by atoms with Crippen molar-refractivity contribution < 1.29 is 4.79 Å². The van der Waals surface area contributed by atoms with Gasteiger partial charge in [0.05, 0.1) is 11.7 Å². The van der Waals surface area contributed by atoms with Crippen LogP contribution in [0.3, 0.4) is 0 Å². The third kappa shape index (κ3) is 3.73. The van der Waals surface area contributed by atoms with Gasteiger partial charge in [0, 0.05) is 23.8 Å². The zero-order valence-electron chi connectivity index (χ0n) is 13.4. The summed E-state index contributed by atoms with van der Waals surface area (Å²) in [5.74, 6) is 1.07. The highest BCUT2D eigenvalue weighted by Crippen LogP contribution is 2.34. The van der Waals surface area contributed by atoms with Gasteiger partial charge in [0.2, 0.25) is 0 Å². The molecule has 2 heterocycles. The van der Waals surface area contributed by atoms with Gasteiger partial charge in [-0.05, 0) is 52.0 Å². The molecule has 0 unspecified atom stereocenters. The maximum absolute atomic E-state index is 12.5. The monoisotopic (exact) mass is 310 g/mol. The van der Waals surface area contributed by atoms with Crippen LogP contribution >= 0.6 is 11.8 Å². The second-order valence-electron chi connectivity index (χ2n) is 5.83. The Hall–Kier alpha value is -1.17. The Morgan fingerprint density at radius 1 is 1.57 bits per heavy atom. The Bertz CT molecular complexity index is 469. The number of likely N-dealkylation sites (tertiary alicyclic amines) is 1. The number of aryl methyl sites for hydroxylation is 2. The van der Waals surface area contributed by atoms with Crippen molar-refractivity contribution in [2.45, 2.75) is 52.1 Å². The van der Waals surface area contributed by atoms with E-state index in [-0.39, 0.29) is 18.1 Å². The molecular weight excluding hydrogens is 284 g/mol. The van der Waals surface area contributed by atoms with E-state index in [4.69, 9.17) is 0 Å². The molecule has 5 nitrogen and oxygen atoms in total. The fraction of sp³-hybridized carbons (Fsp3) is 0.733. The highest BCUT2D eigenvalue weighted by atomic mass is 32.2. The smallest absolute Gasteiger partial charge is 0.318 e. The number of thioether (sulfide) groups is 1. The number of aromatic amines is 1. The van der Waals surface area contributed by atoms with E-state index < -0.39 is 0 Å². The summed E-state index contributed by atoms with van der Waals surface area (Å²) in [6, 6.07) is 0.445. The van der Waals surface area contributed by atoms with Gasteiger partial charge in [-0.25, -0.2) is 4.79 Å². The number of carbonyl (C=O) groups is 1. The Balaban J connectivity index is 2.03. The molecule has 2 N–H and O–H groups in total. The zero-order chi connectivity index (χ0) is 15.4. The maximum atomic E-state index is 12.5. The predicted molar refractivity (Wildman–Crippen MR) is 87.7 cm³/mol. The Morgan fingerprint density at radius 2 is 2.33 bits per heavy atom. The Morgan fingerprint density at radius 3 is 2.95 bits per heavy atom. The van der Waals surface area contributed by atoms with E-state index >= 15 is 0 Å². The van der Waals surface area contributed by atoms with Crippen LogP contribution in [0.4, 0.5) is 4.79 Å². The van der Waals surface area contributed by atoms with Gasteiger partial charge in [-0.15, -0.1) is 0 Å². The van der Waals surface area contributed by atoms with Crippen molar-refractivity contribution >= 4 is 17.8 Å². The average molecular weight is 310 g/mol. The van der Waals surface area contributed by atoms with E-state index in [1.165, 1.54) is 5.56 Å². The molecule has 1 aromatic rings. The standard InChI is InChI=1S/C15H26N4OS/c1-10(7-9-21-4)16-15(20)19-8-5-6-13(19)14-11(2)17-18-12(14)3/h10,13H,5-9H2,1-4H3,(H,16,20)(H,17,18)/t10-,13-/m1/s1. The van der Waals surface area contributed by atoms with Gasteiger partial charge in [-0.3, -0.25) is 5.10 Å². The highest BCUT2D eigenvalue weighted by molar-refractivity contribution is 7.98. The first-order chi connectivity index (χ1) is 10.0. The molecule has 1 saturated heterocycles. The van der Waals surface area contributed by atoms with Crippen molar-refractivity contribution in [1.82, 2.24) is 20.4 Å². The molecule has 0 aliphatic carbocycles. The van der Waals surface area contributed by atoms with Crippen LogP contribution in [0.1, 0.15) is 49.2 Å². The van der Waals surface area contributed by atoms with Gasteiger partial charge in [-0.2, -0.15) is 16.9 Å². The van der Waals surface area contributed by atoms with Crippen molar-refractivity contribution in [3.8, 4) is 0 Å². The number of nitrogens with one attached hydrogen (secondary N) is 2. The van der Waals surface area contributed by atoms with Crippen LogP contribution < -0.4 is 5.32 Å². The summed E-state index contributed by atoms with van der Waals surface area (Å²) in [5, 5.41) is 10.4. The van der Waals surface area contributed by atoms with Gasteiger partial charge < -0.3 is 10.2 Å².